The van der Waals surface area contributed by atoms with E-state index in [1.54, 1.807) is 37.6 Å². The van der Waals surface area contributed by atoms with Gasteiger partial charge in [-0.1, -0.05) is 35.9 Å². The van der Waals surface area contributed by atoms with Crippen molar-refractivity contribution in [2.45, 2.75) is 75.5 Å². The molecule has 0 aromatic heterocycles. The van der Waals surface area contributed by atoms with Crippen LogP contribution in [0.3, 0.4) is 0 Å². The van der Waals surface area contributed by atoms with Crippen molar-refractivity contribution >= 4 is 21.5 Å². The molecule has 0 N–H and O–H groups in total. The molecular weight excluding hydrogens is 657 g/mol. The van der Waals surface area contributed by atoms with Crippen LogP contribution in [-0.4, -0.2) is 90.9 Å². The van der Waals surface area contributed by atoms with Gasteiger partial charge in [0.2, 0.25) is 10.0 Å². The van der Waals surface area contributed by atoms with Crippen molar-refractivity contribution in [1.29, 1.82) is 0 Å². The lowest BCUT2D eigenvalue weighted by Crippen LogP contribution is -2.52. The van der Waals surface area contributed by atoms with Gasteiger partial charge in [-0.15, -0.1) is 0 Å². The highest BCUT2D eigenvalue weighted by Gasteiger charge is 2.43. The Morgan fingerprint density at radius 1 is 0.940 bits per heavy atom. The quantitative estimate of drug-likeness (QED) is 0.144. The van der Waals surface area contributed by atoms with Crippen LogP contribution in [0.2, 0.25) is 0 Å². The molecule has 0 saturated carbocycles. The number of carbonyl (C=O) groups excluding carboxylic acids is 1. The molecule has 50 heavy (non-hydrogen) atoms. The third-order valence-electron chi connectivity index (χ3n) is 9.49. The summed E-state index contributed by atoms with van der Waals surface area (Å²) < 4.78 is 59.1. The van der Waals surface area contributed by atoms with E-state index in [0.717, 1.165) is 59.8 Å². The van der Waals surface area contributed by atoms with Crippen LogP contribution in [0.25, 0.3) is 0 Å². The van der Waals surface area contributed by atoms with Crippen LogP contribution in [0.15, 0.2) is 71.6 Å². The molecule has 3 aromatic carbocycles. The zero-order chi connectivity index (χ0) is 35.5. The van der Waals surface area contributed by atoms with E-state index in [0.29, 0.717) is 52.3 Å². The standard InChI is InChI=1S/C39H52N2O8S/c1-29-7-16-35(17-8-29)50(43,44)41-27-39(49-28-31-10-18-38-37(25-31)40(20-24-48-38)19-5-21-45-3)36(26-33(41)13-9-30(2)42)32-11-14-34(15-12-32)47-23-6-22-46-4/h7-8,10-12,14-18,25,33,36,39H,5-6,9,13,19-24,26-28H2,1-4H3/t33-,36+,39-/m0/s1. The first kappa shape index (κ1) is 37.8. The Hall–Kier alpha value is -3.48. The van der Waals surface area contributed by atoms with Crippen LogP contribution < -0.4 is 14.4 Å². The maximum absolute atomic E-state index is 14.2. The highest BCUT2D eigenvalue weighted by atomic mass is 32.2. The number of aryl methyl sites for hydroxylation is 1. The van der Waals surface area contributed by atoms with Crippen molar-refractivity contribution in [3.63, 3.8) is 0 Å². The maximum atomic E-state index is 14.2. The largest absolute Gasteiger partial charge is 0.494 e. The number of fused-ring (bicyclic) bond motifs is 1. The molecule has 0 unspecified atom stereocenters. The minimum absolute atomic E-state index is 0.0373. The van der Waals surface area contributed by atoms with E-state index in [1.165, 1.54) is 0 Å². The third kappa shape index (κ3) is 9.85. The molecule has 3 aromatic rings. The zero-order valence-corrected chi connectivity index (χ0v) is 30.7. The monoisotopic (exact) mass is 708 g/mol. The predicted octanol–water partition coefficient (Wildman–Crippen LogP) is 6.15. The number of carbonyl (C=O) groups is 1. The number of benzene rings is 3. The second kappa shape index (κ2) is 18.1. The number of anilines is 1. The lowest BCUT2D eigenvalue weighted by atomic mass is 9.82. The van der Waals surface area contributed by atoms with E-state index in [9.17, 15) is 13.2 Å². The van der Waals surface area contributed by atoms with Crippen molar-refractivity contribution in [3.8, 4) is 11.5 Å². The number of hydrogen-bond acceptors (Lipinski definition) is 9. The second-order valence-corrected chi connectivity index (χ2v) is 15.1. The molecule has 0 spiro atoms. The van der Waals surface area contributed by atoms with Crippen LogP contribution in [0, 0.1) is 6.92 Å². The Labute approximate surface area is 297 Å². The fraction of sp³-hybridized carbons (Fsp3) is 0.513. The third-order valence-corrected chi connectivity index (χ3v) is 11.4. The van der Waals surface area contributed by atoms with Gasteiger partial charge in [0.05, 0.1) is 36.4 Å². The lowest BCUT2D eigenvalue weighted by molar-refractivity contribution is -0.117. The average molecular weight is 709 g/mol. The summed E-state index contributed by atoms with van der Waals surface area (Å²) >= 11 is 0. The average Bonchev–Trinajstić information content (AvgIpc) is 3.12. The Balaban J connectivity index is 1.42. The summed E-state index contributed by atoms with van der Waals surface area (Å²) in [6.45, 7) is 8.11. The van der Waals surface area contributed by atoms with Crippen LogP contribution in [0.5, 0.6) is 11.5 Å². The number of methoxy groups -OCH3 is 2. The number of nitrogens with zero attached hydrogens (tertiary/aromatic N) is 2. The zero-order valence-electron chi connectivity index (χ0n) is 29.8. The van der Waals surface area contributed by atoms with E-state index in [4.69, 9.17) is 23.7 Å². The lowest BCUT2D eigenvalue weighted by Gasteiger charge is -2.43. The minimum atomic E-state index is -3.87. The molecule has 0 bridgehead atoms. The van der Waals surface area contributed by atoms with Gasteiger partial charge in [-0.05, 0) is 80.6 Å². The molecule has 10 nitrogen and oxygen atoms in total. The van der Waals surface area contributed by atoms with Crippen molar-refractivity contribution in [1.82, 2.24) is 4.31 Å². The number of ketones is 1. The highest BCUT2D eigenvalue weighted by Crippen LogP contribution is 2.40. The van der Waals surface area contributed by atoms with Gasteiger partial charge in [0.1, 0.15) is 23.9 Å². The first-order valence-corrected chi connectivity index (χ1v) is 19.0. The topological polar surface area (TPSA) is 104 Å². The van der Waals surface area contributed by atoms with E-state index in [2.05, 4.69) is 11.0 Å². The molecule has 11 heteroatoms. The molecular formula is C39H52N2O8S. The molecule has 0 amide bonds. The highest BCUT2D eigenvalue weighted by molar-refractivity contribution is 7.89. The summed E-state index contributed by atoms with van der Waals surface area (Å²) in [5.74, 6) is 1.54. The van der Waals surface area contributed by atoms with Gasteiger partial charge in [-0.25, -0.2) is 8.42 Å². The van der Waals surface area contributed by atoms with Crippen LogP contribution in [0.4, 0.5) is 5.69 Å². The Morgan fingerprint density at radius 2 is 1.68 bits per heavy atom. The molecule has 272 valence electrons. The Bertz CT molecular complexity index is 1630. The first-order valence-electron chi connectivity index (χ1n) is 17.6. The number of piperidine rings is 1. The van der Waals surface area contributed by atoms with Gasteiger partial charge in [0.25, 0.3) is 0 Å². The Kier molecular flexibility index (Phi) is 13.7. The maximum Gasteiger partial charge on any atom is 0.243 e. The van der Waals surface area contributed by atoms with Crippen LogP contribution in [0.1, 0.15) is 61.6 Å². The molecule has 0 radical (unpaired) electrons. The number of hydrogen-bond donors (Lipinski definition) is 0. The molecule has 5 rings (SSSR count). The molecule has 1 fully saturated rings. The minimum Gasteiger partial charge on any atom is -0.494 e. The van der Waals surface area contributed by atoms with Crippen LogP contribution >= 0.6 is 0 Å². The Morgan fingerprint density at radius 3 is 2.40 bits per heavy atom. The summed E-state index contributed by atoms with van der Waals surface area (Å²) in [4.78, 5) is 14.7. The van der Waals surface area contributed by atoms with E-state index in [-0.39, 0.29) is 29.2 Å². The van der Waals surface area contributed by atoms with Crippen LogP contribution in [-0.2, 0) is 35.6 Å². The first-order chi connectivity index (χ1) is 24.2. The molecule has 3 atom stereocenters. The summed E-state index contributed by atoms with van der Waals surface area (Å²) in [7, 11) is -0.482. The molecule has 2 aliphatic rings. The van der Waals surface area contributed by atoms with Crippen molar-refractivity contribution in [2.75, 3.05) is 65.2 Å². The molecule has 1 saturated heterocycles. The van der Waals surface area contributed by atoms with Gasteiger partial charge in [-0.2, -0.15) is 4.31 Å². The summed E-state index contributed by atoms with van der Waals surface area (Å²) in [5.41, 5.74) is 4.04. The van der Waals surface area contributed by atoms with Crippen molar-refractivity contribution < 1.29 is 36.9 Å². The van der Waals surface area contributed by atoms with Gasteiger partial charge in [0, 0.05) is 65.3 Å². The van der Waals surface area contributed by atoms with Crippen molar-refractivity contribution in [2.24, 2.45) is 0 Å². The second-order valence-electron chi connectivity index (χ2n) is 13.2. The number of sulfonamides is 1. The smallest absolute Gasteiger partial charge is 0.243 e. The fourth-order valence-electron chi connectivity index (χ4n) is 6.76. The number of ether oxygens (including phenoxy) is 5. The van der Waals surface area contributed by atoms with Gasteiger partial charge in [0.15, 0.2) is 0 Å². The molecule has 0 aliphatic carbocycles. The molecule has 2 heterocycles. The fourth-order valence-corrected chi connectivity index (χ4v) is 8.43. The summed E-state index contributed by atoms with van der Waals surface area (Å²) in [6, 6.07) is 20.7. The SMILES string of the molecule is COCCCOc1ccc([C@H]2C[C@H](CCC(C)=O)N(S(=O)(=O)c3ccc(C)cc3)C[C@@H]2OCc2ccc3c(c2)N(CCCOC)CCO3)cc1. The van der Waals surface area contributed by atoms with E-state index in [1.807, 2.05) is 55.5 Å². The number of Topliss-reactive ketones (excluding diaryl/α,β-unsaturated/α-hetero) is 1. The summed E-state index contributed by atoms with van der Waals surface area (Å²) in [6.07, 6.45) is 2.51. The van der Waals surface area contributed by atoms with E-state index >= 15 is 0 Å². The van der Waals surface area contributed by atoms with Gasteiger partial charge >= 0.3 is 0 Å². The van der Waals surface area contributed by atoms with Crippen molar-refractivity contribution in [3.05, 3.63) is 83.4 Å². The predicted molar refractivity (Wildman–Crippen MR) is 194 cm³/mol. The number of rotatable bonds is 18. The van der Waals surface area contributed by atoms with Gasteiger partial charge in [-0.3, -0.25) is 0 Å². The van der Waals surface area contributed by atoms with E-state index < -0.39 is 16.1 Å². The normalized spacial score (nSPS) is 19.5. The summed E-state index contributed by atoms with van der Waals surface area (Å²) in [5, 5.41) is 0. The van der Waals surface area contributed by atoms with Gasteiger partial charge < -0.3 is 33.4 Å². The molecule has 2 aliphatic heterocycles.